The third kappa shape index (κ3) is 3.18. The molecule has 14 heavy (non-hydrogen) atoms. The standard InChI is InChI=1S/C12H21NO/c1-10(8-9-13-2)11-4-6-12(14-3)7-5-11/h4,6,10,13H,5,7-9H2,1-3H3. The van der Waals surface area contributed by atoms with Crippen molar-refractivity contribution in [2.24, 2.45) is 5.92 Å². The molecule has 80 valence electrons. The van der Waals surface area contributed by atoms with Gasteiger partial charge < -0.3 is 10.1 Å². The summed E-state index contributed by atoms with van der Waals surface area (Å²) in [4.78, 5) is 0. The van der Waals surface area contributed by atoms with E-state index in [9.17, 15) is 0 Å². The Kier molecular flexibility index (Phi) is 4.74. The van der Waals surface area contributed by atoms with Crippen molar-refractivity contribution < 1.29 is 4.74 Å². The summed E-state index contributed by atoms with van der Waals surface area (Å²) < 4.78 is 5.20. The van der Waals surface area contributed by atoms with E-state index >= 15 is 0 Å². The first kappa shape index (κ1) is 11.3. The molecule has 0 aromatic rings. The van der Waals surface area contributed by atoms with Crippen LogP contribution in [0.4, 0.5) is 0 Å². The van der Waals surface area contributed by atoms with Gasteiger partial charge in [0.2, 0.25) is 0 Å². The number of rotatable bonds is 5. The quantitative estimate of drug-likeness (QED) is 0.727. The molecule has 0 aromatic carbocycles. The van der Waals surface area contributed by atoms with Gasteiger partial charge in [-0.05, 0) is 38.4 Å². The van der Waals surface area contributed by atoms with Gasteiger partial charge in [0.05, 0.1) is 12.9 Å². The predicted molar refractivity (Wildman–Crippen MR) is 60.1 cm³/mol. The minimum atomic E-state index is 0.692. The average Bonchev–Trinajstić information content (AvgIpc) is 2.26. The summed E-state index contributed by atoms with van der Waals surface area (Å²) >= 11 is 0. The summed E-state index contributed by atoms with van der Waals surface area (Å²) in [5.41, 5.74) is 1.56. The Morgan fingerprint density at radius 1 is 1.43 bits per heavy atom. The van der Waals surface area contributed by atoms with E-state index in [-0.39, 0.29) is 0 Å². The molecule has 0 heterocycles. The second-order valence-electron chi connectivity index (χ2n) is 3.87. The monoisotopic (exact) mass is 195 g/mol. The minimum absolute atomic E-state index is 0.692. The number of allylic oxidation sites excluding steroid dienone is 4. The zero-order valence-corrected chi connectivity index (χ0v) is 9.47. The molecule has 1 rings (SSSR count). The Balaban J connectivity index is 2.45. The molecule has 1 unspecified atom stereocenters. The maximum absolute atomic E-state index is 5.20. The van der Waals surface area contributed by atoms with E-state index in [1.165, 1.54) is 6.42 Å². The van der Waals surface area contributed by atoms with Crippen molar-refractivity contribution >= 4 is 0 Å². The van der Waals surface area contributed by atoms with Crippen molar-refractivity contribution in [3.8, 4) is 0 Å². The van der Waals surface area contributed by atoms with E-state index in [0.717, 1.165) is 25.1 Å². The molecule has 0 saturated carbocycles. The van der Waals surface area contributed by atoms with Crippen molar-refractivity contribution in [2.45, 2.75) is 26.2 Å². The maximum atomic E-state index is 5.20. The summed E-state index contributed by atoms with van der Waals surface area (Å²) in [6, 6.07) is 0. The first-order chi connectivity index (χ1) is 6.77. The molecule has 0 aliphatic heterocycles. The Morgan fingerprint density at radius 3 is 2.71 bits per heavy atom. The van der Waals surface area contributed by atoms with Gasteiger partial charge in [-0.25, -0.2) is 0 Å². The fourth-order valence-corrected chi connectivity index (χ4v) is 1.76. The van der Waals surface area contributed by atoms with Crippen molar-refractivity contribution in [1.29, 1.82) is 0 Å². The largest absolute Gasteiger partial charge is 0.501 e. The maximum Gasteiger partial charge on any atom is 0.0958 e. The molecule has 0 radical (unpaired) electrons. The predicted octanol–water partition coefficient (Wildman–Crippen LogP) is 2.48. The molecule has 2 heteroatoms. The van der Waals surface area contributed by atoms with Crippen LogP contribution in [0.1, 0.15) is 26.2 Å². The molecule has 1 atom stereocenters. The van der Waals surface area contributed by atoms with Gasteiger partial charge in [0.1, 0.15) is 0 Å². The second-order valence-corrected chi connectivity index (χ2v) is 3.87. The van der Waals surface area contributed by atoms with Crippen LogP contribution < -0.4 is 5.32 Å². The lowest BCUT2D eigenvalue weighted by atomic mass is 9.90. The van der Waals surface area contributed by atoms with Crippen molar-refractivity contribution in [1.82, 2.24) is 5.32 Å². The van der Waals surface area contributed by atoms with Crippen LogP contribution in [0.3, 0.4) is 0 Å². The van der Waals surface area contributed by atoms with Crippen LogP contribution in [0.5, 0.6) is 0 Å². The van der Waals surface area contributed by atoms with Crippen LogP contribution in [0.25, 0.3) is 0 Å². The second kappa shape index (κ2) is 5.86. The first-order valence-electron chi connectivity index (χ1n) is 5.36. The number of hydrogen-bond donors (Lipinski definition) is 1. The van der Waals surface area contributed by atoms with Gasteiger partial charge in [0.25, 0.3) is 0 Å². The zero-order chi connectivity index (χ0) is 10.4. The van der Waals surface area contributed by atoms with Crippen LogP contribution >= 0.6 is 0 Å². The fraction of sp³-hybridized carbons (Fsp3) is 0.667. The lowest BCUT2D eigenvalue weighted by molar-refractivity contribution is 0.274. The molecular weight excluding hydrogens is 174 g/mol. The third-order valence-electron chi connectivity index (χ3n) is 2.87. The average molecular weight is 195 g/mol. The van der Waals surface area contributed by atoms with Crippen LogP contribution in [0.15, 0.2) is 23.5 Å². The van der Waals surface area contributed by atoms with Crippen LogP contribution in [-0.2, 0) is 4.74 Å². The topological polar surface area (TPSA) is 21.3 Å². The van der Waals surface area contributed by atoms with E-state index in [2.05, 4.69) is 24.4 Å². The van der Waals surface area contributed by atoms with Gasteiger partial charge in [0, 0.05) is 6.42 Å². The highest BCUT2D eigenvalue weighted by Gasteiger charge is 2.12. The van der Waals surface area contributed by atoms with Gasteiger partial charge in [0.15, 0.2) is 0 Å². The highest BCUT2D eigenvalue weighted by molar-refractivity contribution is 5.22. The Labute approximate surface area is 87.0 Å². The third-order valence-corrected chi connectivity index (χ3v) is 2.87. The Morgan fingerprint density at radius 2 is 2.21 bits per heavy atom. The van der Waals surface area contributed by atoms with E-state index in [4.69, 9.17) is 4.74 Å². The highest BCUT2D eigenvalue weighted by Crippen LogP contribution is 2.25. The molecule has 1 N–H and O–H groups in total. The first-order valence-corrected chi connectivity index (χ1v) is 5.36. The van der Waals surface area contributed by atoms with E-state index in [0.29, 0.717) is 5.92 Å². The van der Waals surface area contributed by atoms with Crippen molar-refractivity contribution in [3.63, 3.8) is 0 Å². The highest BCUT2D eigenvalue weighted by atomic mass is 16.5. The molecule has 2 nitrogen and oxygen atoms in total. The molecule has 0 spiro atoms. The van der Waals surface area contributed by atoms with Crippen molar-refractivity contribution in [2.75, 3.05) is 20.7 Å². The molecule has 1 aliphatic rings. The molecular formula is C12H21NO. The normalized spacial score (nSPS) is 18.5. The van der Waals surface area contributed by atoms with Crippen LogP contribution in [0, 0.1) is 5.92 Å². The van der Waals surface area contributed by atoms with Crippen molar-refractivity contribution in [3.05, 3.63) is 23.5 Å². The summed E-state index contributed by atoms with van der Waals surface area (Å²) in [6.07, 6.45) is 7.77. The molecule has 0 amide bonds. The molecule has 0 fully saturated rings. The Bertz CT molecular complexity index is 230. The van der Waals surface area contributed by atoms with E-state index < -0.39 is 0 Å². The number of hydrogen-bond acceptors (Lipinski definition) is 2. The molecule has 1 aliphatic carbocycles. The SMILES string of the molecule is CNCCC(C)C1=CC=C(OC)CC1. The summed E-state index contributed by atoms with van der Waals surface area (Å²) in [5, 5.41) is 3.19. The molecule has 0 aromatic heterocycles. The van der Waals surface area contributed by atoms with Gasteiger partial charge in [-0.15, -0.1) is 0 Å². The van der Waals surface area contributed by atoms with Gasteiger partial charge >= 0.3 is 0 Å². The lowest BCUT2D eigenvalue weighted by Gasteiger charge is -2.19. The molecule has 0 saturated heterocycles. The smallest absolute Gasteiger partial charge is 0.0958 e. The fourth-order valence-electron chi connectivity index (χ4n) is 1.76. The summed E-state index contributed by atoms with van der Waals surface area (Å²) in [7, 11) is 3.75. The molecule has 0 bridgehead atoms. The lowest BCUT2D eigenvalue weighted by Crippen LogP contribution is -2.13. The van der Waals surface area contributed by atoms with E-state index in [1.807, 2.05) is 7.05 Å². The zero-order valence-electron chi connectivity index (χ0n) is 9.47. The van der Waals surface area contributed by atoms with Gasteiger partial charge in [-0.3, -0.25) is 0 Å². The van der Waals surface area contributed by atoms with Gasteiger partial charge in [-0.2, -0.15) is 0 Å². The summed E-state index contributed by atoms with van der Waals surface area (Å²) in [6.45, 7) is 3.40. The van der Waals surface area contributed by atoms with Gasteiger partial charge in [-0.1, -0.05) is 18.6 Å². The van der Waals surface area contributed by atoms with Crippen LogP contribution in [0.2, 0.25) is 0 Å². The number of ether oxygens (including phenoxy) is 1. The Hall–Kier alpha value is -0.760. The number of nitrogens with one attached hydrogen (secondary N) is 1. The van der Waals surface area contributed by atoms with Crippen LogP contribution in [-0.4, -0.2) is 20.7 Å². The minimum Gasteiger partial charge on any atom is -0.501 e. The summed E-state index contributed by atoms with van der Waals surface area (Å²) in [5.74, 6) is 1.80. The van der Waals surface area contributed by atoms with E-state index in [1.54, 1.807) is 12.7 Å². The number of methoxy groups -OCH3 is 1.